The van der Waals surface area contributed by atoms with Gasteiger partial charge in [0.2, 0.25) is 0 Å². The molecule has 70 valence electrons. The molecule has 1 atom stereocenters. The number of likely N-dealkylation sites (N-methyl/N-ethyl adjacent to an activating group) is 1. The zero-order chi connectivity index (χ0) is 8.97. The summed E-state index contributed by atoms with van der Waals surface area (Å²) in [5, 5.41) is 3.08. The van der Waals surface area contributed by atoms with Crippen LogP contribution in [0, 0.1) is 5.92 Å². The van der Waals surface area contributed by atoms with E-state index in [0.717, 1.165) is 12.3 Å². The lowest BCUT2D eigenvalue weighted by molar-refractivity contribution is -0.119. The summed E-state index contributed by atoms with van der Waals surface area (Å²) in [4.78, 5) is 11.1. The highest BCUT2D eigenvalue weighted by Gasteiger charge is 2.21. The van der Waals surface area contributed by atoms with Crippen LogP contribution in [0.3, 0.4) is 0 Å². The van der Waals surface area contributed by atoms with E-state index in [2.05, 4.69) is 5.32 Å². The van der Waals surface area contributed by atoms with Gasteiger partial charge in [0.1, 0.15) is 5.78 Å². The summed E-state index contributed by atoms with van der Waals surface area (Å²) in [6.45, 7) is 1.68. The molecule has 2 heteroatoms. The molecule has 0 unspecified atom stereocenters. The average molecular weight is 169 g/mol. The van der Waals surface area contributed by atoms with E-state index in [1.54, 1.807) is 6.92 Å². The standard InChI is InChI=1S/C10H19NO/c1-8(12)10(11-2)7-9-5-3-4-6-9/h9-11H,3-7H2,1-2H3/t10-/m0/s1. The largest absolute Gasteiger partial charge is 0.311 e. The minimum atomic E-state index is 0.105. The van der Waals surface area contributed by atoms with Gasteiger partial charge in [-0.1, -0.05) is 25.7 Å². The summed E-state index contributed by atoms with van der Waals surface area (Å²) in [7, 11) is 1.88. The molecule has 1 saturated carbocycles. The first-order valence-corrected chi connectivity index (χ1v) is 4.91. The molecule has 0 amide bonds. The average Bonchev–Trinajstić information content (AvgIpc) is 2.51. The third-order valence-electron chi connectivity index (χ3n) is 2.88. The summed E-state index contributed by atoms with van der Waals surface area (Å²) >= 11 is 0. The van der Waals surface area contributed by atoms with Crippen molar-refractivity contribution in [1.82, 2.24) is 5.32 Å². The highest BCUT2D eigenvalue weighted by atomic mass is 16.1. The molecule has 0 aromatic heterocycles. The van der Waals surface area contributed by atoms with E-state index in [9.17, 15) is 4.79 Å². The van der Waals surface area contributed by atoms with Gasteiger partial charge < -0.3 is 5.32 Å². The third-order valence-corrected chi connectivity index (χ3v) is 2.88. The van der Waals surface area contributed by atoms with Crippen molar-refractivity contribution >= 4 is 5.78 Å². The molecule has 0 aliphatic heterocycles. The second kappa shape index (κ2) is 4.61. The highest BCUT2D eigenvalue weighted by molar-refractivity contribution is 5.81. The first-order valence-electron chi connectivity index (χ1n) is 4.91. The Balaban J connectivity index is 2.30. The fourth-order valence-corrected chi connectivity index (χ4v) is 2.07. The van der Waals surface area contributed by atoms with Crippen molar-refractivity contribution in [3.8, 4) is 0 Å². The van der Waals surface area contributed by atoms with Crippen molar-refractivity contribution in [2.75, 3.05) is 7.05 Å². The van der Waals surface area contributed by atoms with Gasteiger partial charge in [0.15, 0.2) is 0 Å². The van der Waals surface area contributed by atoms with Gasteiger partial charge in [0.25, 0.3) is 0 Å². The van der Waals surface area contributed by atoms with Gasteiger partial charge in [-0.05, 0) is 26.3 Å². The Morgan fingerprint density at radius 3 is 2.50 bits per heavy atom. The molecule has 0 radical (unpaired) electrons. The fourth-order valence-electron chi connectivity index (χ4n) is 2.07. The normalized spacial score (nSPS) is 21.2. The molecule has 0 bridgehead atoms. The van der Waals surface area contributed by atoms with Crippen LogP contribution in [0.25, 0.3) is 0 Å². The minimum absolute atomic E-state index is 0.105. The molecular weight excluding hydrogens is 150 g/mol. The number of carbonyl (C=O) groups is 1. The summed E-state index contributed by atoms with van der Waals surface area (Å²) < 4.78 is 0. The van der Waals surface area contributed by atoms with Crippen molar-refractivity contribution in [1.29, 1.82) is 0 Å². The molecule has 1 aliphatic rings. The molecule has 0 heterocycles. The van der Waals surface area contributed by atoms with E-state index < -0.39 is 0 Å². The first kappa shape index (κ1) is 9.72. The molecule has 1 rings (SSSR count). The zero-order valence-electron chi connectivity index (χ0n) is 8.10. The van der Waals surface area contributed by atoms with Gasteiger partial charge in [-0.2, -0.15) is 0 Å². The molecule has 0 aromatic rings. The molecule has 1 N–H and O–H groups in total. The van der Waals surface area contributed by atoms with Crippen LogP contribution in [0.15, 0.2) is 0 Å². The minimum Gasteiger partial charge on any atom is -0.311 e. The van der Waals surface area contributed by atoms with Crippen LogP contribution < -0.4 is 5.32 Å². The third kappa shape index (κ3) is 2.59. The zero-order valence-corrected chi connectivity index (χ0v) is 8.10. The molecule has 0 aromatic carbocycles. The Bertz CT molecular complexity index is 150. The van der Waals surface area contributed by atoms with Gasteiger partial charge in [0.05, 0.1) is 6.04 Å². The lowest BCUT2D eigenvalue weighted by Crippen LogP contribution is -2.33. The van der Waals surface area contributed by atoms with Crippen LogP contribution in [0.2, 0.25) is 0 Å². The van der Waals surface area contributed by atoms with Crippen molar-refractivity contribution in [2.24, 2.45) is 5.92 Å². The van der Waals surface area contributed by atoms with Gasteiger partial charge in [-0.25, -0.2) is 0 Å². The van der Waals surface area contributed by atoms with Gasteiger partial charge >= 0.3 is 0 Å². The van der Waals surface area contributed by atoms with Gasteiger partial charge in [-0.15, -0.1) is 0 Å². The maximum Gasteiger partial charge on any atom is 0.146 e. The second-order valence-electron chi connectivity index (χ2n) is 3.84. The van der Waals surface area contributed by atoms with Crippen molar-refractivity contribution in [3.63, 3.8) is 0 Å². The monoisotopic (exact) mass is 169 g/mol. The van der Waals surface area contributed by atoms with Crippen LogP contribution in [0.1, 0.15) is 39.0 Å². The van der Waals surface area contributed by atoms with Crippen LogP contribution in [-0.4, -0.2) is 18.9 Å². The Labute approximate surface area is 74.7 Å². The molecule has 0 spiro atoms. The first-order chi connectivity index (χ1) is 5.74. The van der Waals surface area contributed by atoms with Crippen LogP contribution >= 0.6 is 0 Å². The number of hydrogen-bond acceptors (Lipinski definition) is 2. The Morgan fingerprint density at radius 2 is 2.08 bits per heavy atom. The second-order valence-corrected chi connectivity index (χ2v) is 3.84. The number of carbonyl (C=O) groups excluding carboxylic acids is 1. The summed E-state index contributed by atoms with van der Waals surface area (Å²) in [5.41, 5.74) is 0. The van der Waals surface area contributed by atoms with Crippen molar-refractivity contribution in [3.05, 3.63) is 0 Å². The molecule has 0 saturated heterocycles. The van der Waals surface area contributed by atoms with E-state index in [1.165, 1.54) is 25.7 Å². The Morgan fingerprint density at radius 1 is 1.50 bits per heavy atom. The smallest absolute Gasteiger partial charge is 0.146 e. The summed E-state index contributed by atoms with van der Waals surface area (Å²) in [6, 6.07) is 0.105. The lowest BCUT2D eigenvalue weighted by atomic mass is 9.96. The topological polar surface area (TPSA) is 29.1 Å². The molecular formula is C10H19NO. The van der Waals surface area contributed by atoms with Gasteiger partial charge in [0, 0.05) is 0 Å². The summed E-state index contributed by atoms with van der Waals surface area (Å²) in [5.74, 6) is 1.08. The van der Waals surface area contributed by atoms with Gasteiger partial charge in [-0.3, -0.25) is 4.79 Å². The highest BCUT2D eigenvalue weighted by Crippen LogP contribution is 2.28. The van der Waals surface area contributed by atoms with E-state index in [-0.39, 0.29) is 11.8 Å². The predicted molar refractivity (Wildman–Crippen MR) is 50.1 cm³/mol. The van der Waals surface area contributed by atoms with Crippen molar-refractivity contribution < 1.29 is 4.79 Å². The molecule has 12 heavy (non-hydrogen) atoms. The number of rotatable bonds is 4. The van der Waals surface area contributed by atoms with E-state index in [0.29, 0.717) is 0 Å². The molecule has 1 fully saturated rings. The van der Waals surface area contributed by atoms with Crippen LogP contribution in [0.4, 0.5) is 0 Å². The number of hydrogen-bond donors (Lipinski definition) is 1. The fraction of sp³-hybridized carbons (Fsp3) is 0.900. The molecule has 1 aliphatic carbocycles. The summed E-state index contributed by atoms with van der Waals surface area (Å²) in [6.07, 6.45) is 6.42. The predicted octanol–water partition coefficient (Wildman–Crippen LogP) is 1.74. The Hall–Kier alpha value is -0.370. The molecule has 2 nitrogen and oxygen atoms in total. The number of Topliss-reactive ketones (excluding diaryl/α,β-unsaturated/α-hetero) is 1. The number of ketones is 1. The van der Waals surface area contributed by atoms with Crippen molar-refractivity contribution in [2.45, 2.75) is 45.1 Å². The van der Waals surface area contributed by atoms with Crippen LogP contribution in [-0.2, 0) is 4.79 Å². The van der Waals surface area contributed by atoms with E-state index in [4.69, 9.17) is 0 Å². The maximum atomic E-state index is 11.1. The maximum absolute atomic E-state index is 11.1. The number of nitrogens with one attached hydrogen (secondary N) is 1. The lowest BCUT2D eigenvalue weighted by Gasteiger charge is -2.16. The van der Waals surface area contributed by atoms with E-state index in [1.807, 2.05) is 7.05 Å². The van der Waals surface area contributed by atoms with E-state index >= 15 is 0 Å². The Kier molecular flexibility index (Phi) is 3.73. The quantitative estimate of drug-likeness (QED) is 0.694. The van der Waals surface area contributed by atoms with Crippen LogP contribution in [0.5, 0.6) is 0 Å². The SMILES string of the molecule is CN[C@@H](CC1CCCC1)C(C)=O.